The molecule has 0 aromatic heterocycles. The van der Waals surface area contributed by atoms with E-state index in [1.54, 1.807) is 0 Å². The van der Waals surface area contributed by atoms with Gasteiger partial charge in [-0.1, -0.05) is 0 Å². The number of rotatable bonds is 4. The van der Waals surface area contributed by atoms with Crippen LogP contribution in [0.2, 0.25) is 0 Å². The van der Waals surface area contributed by atoms with Crippen LogP contribution in [0.15, 0.2) is 0 Å². The summed E-state index contributed by atoms with van der Waals surface area (Å²) in [5.74, 6) is -1.81. The maximum atomic E-state index is 10.1. The van der Waals surface area contributed by atoms with E-state index < -0.39 is 11.9 Å². The van der Waals surface area contributed by atoms with E-state index in [9.17, 15) is 4.79 Å². The smallest absolute Gasteiger partial charge is 0.311 e. The Hall–Kier alpha value is -0.610. The van der Waals surface area contributed by atoms with Crippen LogP contribution in [0, 0.1) is 5.92 Å². The van der Waals surface area contributed by atoms with Crippen LogP contribution in [-0.4, -0.2) is 36.5 Å². The number of carboxylic acids is 1. The molecular weight excluding hydrogens is 124 g/mol. The number of hydrogen-bond acceptors (Lipinski definition) is 3. The summed E-state index contributed by atoms with van der Waals surface area (Å²) in [5, 5.41) is 16.6. The molecule has 1 unspecified atom stereocenters. The van der Waals surface area contributed by atoms with Crippen LogP contribution in [0.1, 0.15) is 0 Å². The largest absolute Gasteiger partial charge is 0.481 e. The summed E-state index contributed by atoms with van der Waals surface area (Å²) in [5.41, 5.74) is 0. The quantitative estimate of drug-likeness (QED) is 0.535. The first-order valence-electron chi connectivity index (χ1n) is 2.55. The topological polar surface area (TPSA) is 66.8 Å². The van der Waals surface area contributed by atoms with Crippen LogP contribution >= 0.6 is 0 Å². The lowest BCUT2D eigenvalue weighted by atomic mass is 10.2. The first-order chi connectivity index (χ1) is 4.22. The van der Waals surface area contributed by atoms with Gasteiger partial charge < -0.3 is 14.9 Å². The standard InChI is InChI=1S/C5H10O4/c1-9-3-4(2-6)5(7)8/h4,6H,2-3H2,1H3,(H,7,8). The van der Waals surface area contributed by atoms with Gasteiger partial charge in [-0.05, 0) is 0 Å². The second-order valence-corrected chi connectivity index (χ2v) is 1.67. The van der Waals surface area contributed by atoms with Crippen molar-refractivity contribution < 1.29 is 19.7 Å². The average Bonchev–Trinajstić information content (AvgIpc) is 1.82. The molecule has 0 aliphatic heterocycles. The van der Waals surface area contributed by atoms with Gasteiger partial charge in [-0.15, -0.1) is 0 Å². The molecule has 0 heterocycles. The Balaban J connectivity index is 3.54. The van der Waals surface area contributed by atoms with Crippen molar-refractivity contribution in [2.45, 2.75) is 0 Å². The Morgan fingerprint density at radius 3 is 2.44 bits per heavy atom. The molecule has 0 rings (SSSR count). The van der Waals surface area contributed by atoms with E-state index in [4.69, 9.17) is 10.2 Å². The molecule has 0 aliphatic carbocycles. The second-order valence-electron chi connectivity index (χ2n) is 1.67. The molecule has 54 valence electrons. The van der Waals surface area contributed by atoms with Crippen molar-refractivity contribution in [2.75, 3.05) is 20.3 Å². The zero-order chi connectivity index (χ0) is 7.28. The average molecular weight is 134 g/mol. The zero-order valence-corrected chi connectivity index (χ0v) is 5.20. The highest BCUT2D eigenvalue weighted by Crippen LogP contribution is 1.93. The molecule has 0 spiro atoms. The molecule has 4 nitrogen and oxygen atoms in total. The van der Waals surface area contributed by atoms with E-state index in [0.717, 1.165) is 0 Å². The van der Waals surface area contributed by atoms with Crippen LogP contribution in [0.4, 0.5) is 0 Å². The lowest BCUT2D eigenvalue weighted by Crippen LogP contribution is -2.22. The highest BCUT2D eigenvalue weighted by molar-refractivity contribution is 5.70. The van der Waals surface area contributed by atoms with Gasteiger partial charge >= 0.3 is 5.97 Å². The minimum atomic E-state index is -1.03. The van der Waals surface area contributed by atoms with E-state index in [2.05, 4.69) is 4.74 Å². The molecule has 0 amide bonds. The lowest BCUT2D eigenvalue weighted by Gasteiger charge is -2.05. The zero-order valence-electron chi connectivity index (χ0n) is 5.20. The van der Waals surface area contributed by atoms with Crippen molar-refractivity contribution in [1.82, 2.24) is 0 Å². The molecular formula is C5H10O4. The minimum absolute atomic E-state index is 0.0613. The molecule has 0 aromatic carbocycles. The molecule has 0 saturated carbocycles. The van der Waals surface area contributed by atoms with Gasteiger partial charge in [0.15, 0.2) is 0 Å². The molecule has 2 N–H and O–H groups in total. The predicted octanol–water partition coefficient (Wildman–Crippen LogP) is -0.674. The summed E-state index contributed by atoms with van der Waals surface area (Å²) in [4.78, 5) is 10.1. The van der Waals surface area contributed by atoms with Gasteiger partial charge in [0.1, 0.15) is 5.92 Å². The fourth-order valence-corrected chi connectivity index (χ4v) is 0.403. The van der Waals surface area contributed by atoms with Crippen molar-refractivity contribution in [3.05, 3.63) is 0 Å². The summed E-state index contributed by atoms with van der Waals surface area (Å²) >= 11 is 0. The third kappa shape index (κ3) is 3.05. The van der Waals surface area contributed by atoms with E-state index in [-0.39, 0.29) is 13.2 Å². The number of methoxy groups -OCH3 is 1. The Morgan fingerprint density at radius 1 is 1.78 bits per heavy atom. The first kappa shape index (κ1) is 8.39. The van der Waals surface area contributed by atoms with Gasteiger partial charge in [-0.3, -0.25) is 4.79 Å². The maximum absolute atomic E-state index is 10.1. The molecule has 0 aliphatic rings. The molecule has 4 heteroatoms. The molecule has 0 bridgehead atoms. The lowest BCUT2D eigenvalue weighted by molar-refractivity contribution is -0.145. The summed E-state index contributed by atoms with van der Waals surface area (Å²) in [7, 11) is 1.39. The normalized spacial score (nSPS) is 13.1. The van der Waals surface area contributed by atoms with E-state index in [1.807, 2.05) is 0 Å². The number of carbonyl (C=O) groups is 1. The highest BCUT2D eigenvalue weighted by atomic mass is 16.5. The number of carboxylic acid groups (broad SMARTS) is 1. The van der Waals surface area contributed by atoms with Crippen LogP contribution in [0.25, 0.3) is 0 Å². The van der Waals surface area contributed by atoms with Crippen molar-refractivity contribution in [3.8, 4) is 0 Å². The molecule has 0 aromatic rings. The van der Waals surface area contributed by atoms with Crippen LogP contribution < -0.4 is 0 Å². The van der Waals surface area contributed by atoms with Gasteiger partial charge in [-0.25, -0.2) is 0 Å². The SMILES string of the molecule is COCC(CO)C(=O)O. The number of aliphatic hydroxyl groups excluding tert-OH is 1. The minimum Gasteiger partial charge on any atom is -0.481 e. The van der Waals surface area contributed by atoms with Crippen LogP contribution in [-0.2, 0) is 9.53 Å². The van der Waals surface area contributed by atoms with E-state index in [1.165, 1.54) is 7.11 Å². The number of aliphatic carboxylic acids is 1. The van der Waals surface area contributed by atoms with Crippen molar-refractivity contribution >= 4 is 5.97 Å². The third-order valence-corrected chi connectivity index (χ3v) is 0.937. The molecule has 9 heavy (non-hydrogen) atoms. The monoisotopic (exact) mass is 134 g/mol. The molecule has 1 atom stereocenters. The molecule has 0 saturated heterocycles. The van der Waals surface area contributed by atoms with E-state index in [0.29, 0.717) is 0 Å². The van der Waals surface area contributed by atoms with Gasteiger partial charge in [0, 0.05) is 7.11 Å². The molecule has 0 radical (unpaired) electrons. The van der Waals surface area contributed by atoms with Gasteiger partial charge in [0.05, 0.1) is 13.2 Å². The van der Waals surface area contributed by atoms with Gasteiger partial charge in [0.2, 0.25) is 0 Å². The van der Waals surface area contributed by atoms with Crippen molar-refractivity contribution in [2.24, 2.45) is 5.92 Å². The van der Waals surface area contributed by atoms with Gasteiger partial charge in [-0.2, -0.15) is 0 Å². The van der Waals surface area contributed by atoms with Gasteiger partial charge in [0.25, 0.3) is 0 Å². The maximum Gasteiger partial charge on any atom is 0.311 e. The predicted molar refractivity (Wildman–Crippen MR) is 30.1 cm³/mol. The van der Waals surface area contributed by atoms with E-state index >= 15 is 0 Å². The Labute approximate surface area is 53.1 Å². The number of ether oxygens (including phenoxy) is 1. The Bertz CT molecular complexity index is 91.0. The van der Waals surface area contributed by atoms with Crippen molar-refractivity contribution in [3.63, 3.8) is 0 Å². The Morgan fingerprint density at radius 2 is 2.33 bits per heavy atom. The number of aliphatic hydroxyl groups is 1. The Kier molecular flexibility index (Phi) is 4.00. The van der Waals surface area contributed by atoms with Crippen LogP contribution in [0.3, 0.4) is 0 Å². The number of hydrogen-bond donors (Lipinski definition) is 2. The second kappa shape index (κ2) is 4.29. The summed E-state index contributed by atoms with van der Waals surface area (Å²) in [6.07, 6.45) is 0. The third-order valence-electron chi connectivity index (χ3n) is 0.937. The highest BCUT2D eigenvalue weighted by Gasteiger charge is 2.14. The molecule has 0 fully saturated rings. The summed E-state index contributed by atoms with van der Waals surface area (Å²) < 4.78 is 4.52. The van der Waals surface area contributed by atoms with Crippen LogP contribution in [0.5, 0.6) is 0 Å². The fourth-order valence-electron chi connectivity index (χ4n) is 0.403. The fraction of sp³-hybridized carbons (Fsp3) is 0.800. The summed E-state index contributed by atoms with van der Waals surface area (Å²) in [6.45, 7) is -0.311. The first-order valence-corrected chi connectivity index (χ1v) is 2.55. The summed E-state index contributed by atoms with van der Waals surface area (Å²) in [6, 6.07) is 0. The van der Waals surface area contributed by atoms with Crippen molar-refractivity contribution in [1.29, 1.82) is 0 Å².